The lowest BCUT2D eigenvalue weighted by Gasteiger charge is -2.24. The quantitative estimate of drug-likeness (QED) is 0.737. The van der Waals surface area contributed by atoms with E-state index in [-0.39, 0.29) is 0 Å². The maximum atomic E-state index is 4.87. The Balaban J connectivity index is 1.77. The average Bonchev–Trinajstić information content (AvgIpc) is 3.18. The van der Waals surface area contributed by atoms with Crippen LogP contribution in [0.1, 0.15) is 53.8 Å². The molecule has 3 aromatic heterocycles. The van der Waals surface area contributed by atoms with Gasteiger partial charge in [0.15, 0.2) is 5.82 Å². The number of aryl methyl sites for hydroxylation is 5. The van der Waals surface area contributed by atoms with Gasteiger partial charge in [-0.1, -0.05) is 6.92 Å². The fourth-order valence-corrected chi connectivity index (χ4v) is 3.69. The highest BCUT2D eigenvalue weighted by atomic mass is 15.4. The lowest BCUT2D eigenvalue weighted by atomic mass is 9.98. The summed E-state index contributed by atoms with van der Waals surface area (Å²) in [7, 11) is 0. The van der Waals surface area contributed by atoms with Gasteiger partial charge >= 0.3 is 0 Å². The molecule has 0 aromatic carbocycles. The molecule has 1 aliphatic rings. The zero-order chi connectivity index (χ0) is 17.6. The molecule has 0 saturated heterocycles. The van der Waals surface area contributed by atoms with Gasteiger partial charge in [-0.05, 0) is 39.3 Å². The van der Waals surface area contributed by atoms with Crippen LogP contribution in [0, 0.1) is 20.8 Å². The van der Waals surface area contributed by atoms with Gasteiger partial charge in [0.25, 0.3) is 0 Å². The molecule has 1 unspecified atom stereocenters. The first-order valence-electron chi connectivity index (χ1n) is 8.97. The van der Waals surface area contributed by atoms with E-state index in [0.717, 1.165) is 54.5 Å². The van der Waals surface area contributed by atoms with Gasteiger partial charge in [-0.15, -0.1) is 0 Å². The van der Waals surface area contributed by atoms with Crippen molar-refractivity contribution in [1.82, 2.24) is 29.3 Å². The van der Waals surface area contributed by atoms with Gasteiger partial charge in [0.2, 0.25) is 0 Å². The van der Waals surface area contributed by atoms with Crippen molar-refractivity contribution >= 4 is 0 Å². The molecule has 6 heteroatoms. The minimum atomic E-state index is 0.349. The second-order valence-electron chi connectivity index (χ2n) is 6.92. The summed E-state index contributed by atoms with van der Waals surface area (Å²) in [6, 6.07) is 4.17. The largest absolute Gasteiger partial charge is 0.332 e. The Kier molecular flexibility index (Phi) is 3.90. The second-order valence-corrected chi connectivity index (χ2v) is 6.92. The summed E-state index contributed by atoms with van der Waals surface area (Å²) in [5.41, 5.74) is 4.29. The van der Waals surface area contributed by atoms with Crippen LogP contribution in [-0.2, 0) is 19.4 Å². The van der Waals surface area contributed by atoms with E-state index in [4.69, 9.17) is 10.1 Å². The SMILES string of the molecule is CCc1nc(C2CCc3ncc(C)n3C2)n(-c2cc(C)nc(C)c2)n1. The summed E-state index contributed by atoms with van der Waals surface area (Å²) < 4.78 is 4.35. The summed E-state index contributed by atoms with van der Waals surface area (Å²) in [6.45, 7) is 9.19. The van der Waals surface area contributed by atoms with Gasteiger partial charge < -0.3 is 4.57 Å². The van der Waals surface area contributed by atoms with Crippen molar-refractivity contribution in [2.75, 3.05) is 0 Å². The maximum absolute atomic E-state index is 4.87. The number of hydrogen-bond donors (Lipinski definition) is 0. The van der Waals surface area contributed by atoms with E-state index in [1.165, 1.54) is 11.5 Å². The first-order valence-corrected chi connectivity index (χ1v) is 8.97. The lowest BCUT2D eigenvalue weighted by molar-refractivity contribution is 0.428. The van der Waals surface area contributed by atoms with Crippen molar-refractivity contribution in [3.8, 4) is 5.69 Å². The standard InChI is InChI=1S/C19H24N6/c1-5-17-22-19(15-6-7-18-20-10-14(4)24(18)11-15)25(23-17)16-8-12(2)21-13(3)9-16/h8-10,15H,5-7,11H2,1-4H3. The Morgan fingerprint density at radius 2 is 1.88 bits per heavy atom. The molecule has 0 aliphatic carbocycles. The predicted molar refractivity (Wildman–Crippen MR) is 96.0 cm³/mol. The fourth-order valence-electron chi connectivity index (χ4n) is 3.69. The van der Waals surface area contributed by atoms with Crippen LogP contribution in [0.5, 0.6) is 0 Å². The number of hydrogen-bond acceptors (Lipinski definition) is 4. The van der Waals surface area contributed by atoms with Crippen LogP contribution < -0.4 is 0 Å². The molecule has 0 radical (unpaired) electrons. The van der Waals surface area contributed by atoms with Crippen LogP contribution in [0.3, 0.4) is 0 Å². The molecule has 0 bridgehead atoms. The fraction of sp³-hybridized carbons (Fsp3) is 0.474. The normalized spacial score (nSPS) is 16.9. The van der Waals surface area contributed by atoms with Crippen molar-refractivity contribution in [2.45, 2.75) is 59.4 Å². The Bertz CT molecular complexity index is 900. The van der Waals surface area contributed by atoms with Crippen molar-refractivity contribution in [2.24, 2.45) is 0 Å². The third-order valence-electron chi connectivity index (χ3n) is 4.93. The minimum Gasteiger partial charge on any atom is -0.332 e. The molecule has 4 heterocycles. The lowest BCUT2D eigenvalue weighted by Crippen LogP contribution is -2.22. The van der Waals surface area contributed by atoms with E-state index >= 15 is 0 Å². The van der Waals surface area contributed by atoms with Crippen LogP contribution in [0.25, 0.3) is 5.69 Å². The highest BCUT2D eigenvalue weighted by Crippen LogP contribution is 2.30. The second kappa shape index (κ2) is 6.10. The third kappa shape index (κ3) is 2.86. The molecule has 1 atom stereocenters. The first-order chi connectivity index (χ1) is 12.0. The molecule has 1 aliphatic heterocycles. The summed E-state index contributed by atoms with van der Waals surface area (Å²) in [4.78, 5) is 13.9. The predicted octanol–water partition coefficient (Wildman–Crippen LogP) is 3.08. The maximum Gasteiger partial charge on any atom is 0.151 e. The molecule has 130 valence electrons. The molecule has 0 spiro atoms. The van der Waals surface area contributed by atoms with E-state index in [1.807, 2.05) is 24.7 Å². The van der Waals surface area contributed by atoms with Gasteiger partial charge in [-0.3, -0.25) is 4.98 Å². The number of imidazole rings is 1. The van der Waals surface area contributed by atoms with Gasteiger partial charge in [0, 0.05) is 48.6 Å². The van der Waals surface area contributed by atoms with Crippen LogP contribution in [0.2, 0.25) is 0 Å². The Morgan fingerprint density at radius 1 is 1.12 bits per heavy atom. The van der Waals surface area contributed by atoms with E-state index < -0.39 is 0 Å². The number of nitrogens with zero attached hydrogens (tertiary/aromatic N) is 6. The molecular formula is C19H24N6. The zero-order valence-electron chi connectivity index (χ0n) is 15.3. The highest BCUT2D eigenvalue weighted by molar-refractivity contribution is 5.35. The molecular weight excluding hydrogens is 312 g/mol. The Labute approximate surface area is 148 Å². The van der Waals surface area contributed by atoms with Crippen molar-refractivity contribution in [3.63, 3.8) is 0 Å². The first kappa shape index (κ1) is 16.0. The summed E-state index contributed by atoms with van der Waals surface area (Å²) in [5, 5.41) is 4.78. The summed E-state index contributed by atoms with van der Waals surface area (Å²) >= 11 is 0. The minimum absolute atomic E-state index is 0.349. The summed E-state index contributed by atoms with van der Waals surface area (Å²) in [5.74, 6) is 3.49. The molecule has 25 heavy (non-hydrogen) atoms. The average molecular weight is 336 g/mol. The molecule has 0 N–H and O–H groups in total. The van der Waals surface area contributed by atoms with Crippen molar-refractivity contribution in [3.05, 3.63) is 52.9 Å². The number of aromatic nitrogens is 6. The van der Waals surface area contributed by atoms with Crippen LogP contribution >= 0.6 is 0 Å². The van der Waals surface area contributed by atoms with Crippen LogP contribution in [0.4, 0.5) is 0 Å². The van der Waals surface area contributed by atoms with Crippen LogP contribution in [-0.4, -0.2) is 29.3 Å². The number of pyridine rings is 1. The molecule has 3 aromatic rings. The van der Waals surface area contributed by atoms with Crippen molar-refractivity contribution in [1.29, 1.82) is 0 Å². The van der Waals surface area contributed by atoms with Crippen LogP contribution in [0.15, 0.2) is 18.3 Å². The Morgan fingerprint density at radius 3 is 2.60 bits per heavy atom. The van der Waals surface area contributed by atoms with Gasteiger partial charge in [0.1, 0.15) is 11.6 Å². The molecule has 0 fully saturated rings. The number of fused-ring (bicyclic) bond motifs is 1. The zero-order valence-corrected chi connectivity index (χ0v) is 15.3. The highest BCUT2D eigenvalue weighted by Gasteiger charge is 2.27. The molecule has 6 nitrogen and oxygen atoms in total. The van der Waals surface area contributed by atoms with Gasteiger partial charge in [-0.25, -0.2) is 14.6 Å². The van der Waals surface area contributed by atoms with Crippen molar-refractivity contribution < 1.29 is 0 Å². The summed E-state index contributed by atoms with van der Waals surface area (Å²) in [6.07, 6.45) is 4.85. The monoisotopic (exact) mass is 336 g/mol. The molecule has 0 saturated carbocycles. The Hall–Kier alpha value is -2.50. The van der Waals surface area contributed by atoms with E-state index in [1.54, 1.807) is 0 Å². The van der Waals surface area contributed by atoms with E-state index in [9.17, 15) is 0 Å². The topological polar surface area (TPSA) is 61.4 Å². The number of rotatable bonds is 3. The third-order valence-corrected chi connectivity index (χ3v) is 4.93. The van der Waals surface area contributed by atoms with Gasteiger partial charge in [-0.2, -0.15) is 5.10 Å². The smallest absolute Gasteiger partial charge is 0.151 e. The van der Waals surface area contributed by atoms with Gasteiger partial charge in [0.05, 0.1) is 5.69 Å². The molecule has 4 rings (SSSR count). The van der Waals surface area contributed by atoms with E-state index in [0.29, 0.717) is 5.92 Å². The molecule has 0 amide bonds. The van der Waals surface area contributed by atoms with E-state index in [2.05, 4.69) is 40.5 Å².